The summed E-state index contributed by atoms with van der Waals surface area (Å²) in [4.78, 5) is 15.4. The predicted molar refractivity (Wildman–Crippen MR) is 68.5 cm³/mol. The van der Waals surface area contributed by atoms with Crippen LogP contribution in [0.4, 0.5) is 0 Å². The molecule has 0 aliphatic carbocycles. The number of hydrogen-bond donors (Lipinski definition) is 1. The molecule has 0 aromatic heterocycles. The molecule has 0 aliphatic rings. The summed E-state index contributed by atoms with van der Waals surface area (Å²) in [5.41, 5.74) is 0. The molecular weight excluding hydrogens is 202 g/mol. The lowest BCUT2D eigenvalue weighted by Gasteiger charge is -2.22. The van der Waals surface area contributed by atoms with E-state index >= 15 is 0 Å². The molecular formula is C12H27N3O. The van der Waals surface area contributed by atoms with E-state index in [0.717, 1.165) is 13.1 Å². The molecule has 0 fully saturated rings. The van der Waals surface area contributed by atoms with Gasteiger partial charge in [-0.15, -0.1) is 0 Å². The smallest absolute Gasteiger partial charge is 0.223 e. The van der Waals surface area contributed by atoms with Gasteiger partial charge in [0.2, 0.25) is 5.91 Å². The Morgan fingerprint density at radius 2 is 1.75 bits per heavy atom. The standard InChI is InChI=1S/C12H27N3O/c1-10(2)15(6)8-7-13-11(3)9-12(16)14(4)5/h10-11,13H,7-9H2,1-6H3. The monoisotopic (exact) mass is 229 g/mol. The largest absolute Gasteiger partial charge is 0.349 e. The quantitative estimate of drug-likeness (QED) is 0.701. The highest BCUT2D eigenvalue weighted by Crippen LogP contribution is 1.95. The zero-order chi connectivity index (χ0) is 12.7. The summed E-state index contributed by atoms with van der Waals surface area (Å²) in [6.45, 7) is 8.35. The fraction of sp³-hybridized carbons (Fsp3) is 0.917. The summed E-state index contributed by atoms with van der Waals surface area (Å²) < 4.78 is 0. The van der Waals surface area contributed by atoms with Crippen molar-refractivity contribution in [1.29, 1.82) is 0 Å². The molecule has 0 spiro atoms. The third-order valence-electron chi connectivity index (χ3n) is 2.82. The van der Waals surface area contributed by atoms with Gasteiger partial charge in [0.25, 0.3) is 0 Å². The van der Waals surface area contributed by atoms with Crippen LogP contribution in [0.1, 0.15) is 27.2 Å². The Morgan fingerprint density at radius 1 is 1.19 bits per heavy atom. The van der Waals surface area contributed by atoms with Crippen molar-refractivity contribution in [2.45, 2.75) is 39.3 Å². The molecule has 0 saturated carbocycles. The molecule has 0 bridgehead atoms. The van der Waals surface area contributed by atoms with Crippen molar-refractivity contribution in [1.82, 2.24) is 15.1 Å². The summed E-state index contributed by atoms with van der Waals surface area (Å²) in [5.74, 6) is 0.178. The van der Waals surface area contributed by atoms with Gasteiger partial charge in [0, 0.05) is 45.7 Å². The first-order valence-corrected chi connectivity index (χ1v) is 5.98. The second-order valence-corrected chi connectivity index (χ2v) is 4.92. The zero-order valence-electron chi connectivity index (χ0n) is 11.6. The van der Waals surface area contributed by atoms with Gasteiger partial charge in [-0.1, -0.05) is 0 Å². The van der Waals surface area contributed by atoms with Crippen LogP contribution >= 0.6 is 0 Å². The Balaban J connectivity index is 3.66. The van der Waals surface area contributed by atoms with Crippen LogP contribution in [0.3, 0.4) is 0 Å². The number of rotatable bonds is 7. The lowest BCUT2D eigenvalue weighted by atomic mass is 10.2. The summed E-state index contributed by atoms with van der Waals surface area (Å²) >= 11 is 0. The number of likely N-dealkylation sites (N-methyl/N-ethyl adjacent to an activating group) is 1. The number of hydrogen-bond acceptors (Lipinski definition) is 3. The molecule has 0 heterocycles. The van der Waals surface area contributed by atoms with Crippen molar-refractivity contribution in [2.75, 3.05) is 34.2 Å². The molecule has 16 heavy (non-hydrogen) atoms. The lowest BCUT2D eigenvalue weighted by molar-refractivity contribution is -0.129. The van der Waals surface area contributed by atoms with Crippen molar-refractivity contribution in [3.63, 3.8) is 0 Å². The van der Waals surface area contributed by atoms with Crippen LogP contribution in [0.2, 0.25) is 0 Å². The predicted octanol–water partition coefficient (Wildman–Crippen LogP) is 0.783. The molecule has 4 heteroatoms. The SMILES string of the molecule is CC(CC(=O)N(C)C)NCCN(C)C(C)C. The van der Waals surface area contributed by atoms with Crippen molar-refractivity contribution in [3.05, 3.63) is 0 Å². The van der Waals surface area contributed by atoms with E-state index < -0.39 is 0 Å². The first-order chi connectivity index (χ1) is 7.34. The zero-order valence-corrected chi connectivity index (χ0v) is 11.6. The normalized spacial score (nSPS) is 13.2. The van der Waals surface area contributed by atoms with Crippen molar-refractivity contribution >= 4 is 5.91 Å². The van der Waals surface area contributed by atoms with E-state index in [1.807, 2.05) is 0 Å². The van der Waals surface area contributed by atoms with Gasteiger partial charge in [-0.3, -0.25) is 4.79 Å². The second-order valence-electron chi connectivity index (χ2n) is 4.92. The van der Waals surface area contributed by atoms with Crippen LogP contribution in [0.15, 0.2) is 0 Å². The number of carbonyl (C=O) groups excluding carboxylic acids is 1. The molecule has 0 rings (SSSR count). The first-order valence-electron chi connectivity index (χ1n) is 5.98. The van der Waals surface area contributed by atoms with E-state index in [1.165, 1.54) is 0 Å². The van der Waals surface area contributed by atoms with Gasteiger partial charge >= 0.3 is 0 Å². The summed E-state index contributed by atoms with van der Waals surface area (Å²) in [6, 6.07) is 0.816. The lowest BCUT2D eigenvalue weighted by Crippen LogP contribution is -2.39. The fourth-order valence-electron chi connectivity index (χ4n) is 1.26. The van der Waals surface area contributed by atoms with E-state index in [0.29, 0.717) is 12.5 Å². The van der Waals surface area contributed by atoms with Gasteiger partial charge < -0.3 is 15.1 Å². The van der Waals surface area contributed by atoms with Gasteiger partial charge in [-0.2, -0.15) is 0 Å². The Hall–Kier alpha value is -0.610. The third-order valence-corrected chi connectivity index (χ3v) is 2.82. The fourth-order valence-corrected chi connectivity index (χ4v) is 1.26. The van der Waals surface area contributed by atoms with Crippen molar-refractivity contribution in [2.24, 2.45) is 0 Å². The summed E-state index contributed by atoms with van der Waals surface area (Å²) in [7, 11) is 5.70. The second kappa shape index (κ2) is 7.63. The van der Waals surface area contributed by atoms with Gasteiger partial charge in [-0.25, -0.2) is 0 Å². The Kier molecular flexibility index (Phi) is 7.34. The maximum atomic E-state index is 11.4. The molecule has 1 N–H and O–H groups in total. The highest BCUT2D eigenvalue weighted by molar-refractivity contribution is 5.76. The highest BCUT2D eigenvalue weighted by atomic mass is 16.2. The third kappa shape index (κ3) is 6.80. The Bertz CT molecular complexity index is 204. The van der Waals surface area contributed by atoms with Crippen LogP contribution in [-0.2, 0) is 4.79 Å². The van der Waals surface area contributed by atoms with E-state index in [2.05, 4.69) is 38.0 Å². The highest BCUT2D eigenvalue weighted by Gasteiger charge is 2.10. The van der Waals surface area contributed by atoms with Crippen LogP contribution in [0, 0.1) is 0 Å². The molecule has 96 valence electrons. The number of amides is 1. The molecule has 4 nitrogen and oxygen atoms in total. The van der Waals surface area contributed by atoms with Gasteiger partial charge in [0.15, 0.2) is 0 Å². The number of nitrogens with one attached hydrogen (secondary N) is 1. The van der Waals surface area contributed by atoms with Crippen LogP contribution in [0.5, 0.6) is 0 Å². The van der Waals surface area contributed by atoms with E-state index in [1.54, 1.807) is 19.0 Å². The first kappa shape index (κ1) is 15.4. The minimum Gasteiger partial charge on any atom is -0.349 e. The van der Waals surface area contributed by atoms with Crippen molar-refractivity contribution in [3.8, 4) is 0 Å². The Labute approximate surface area is 100.0 Å². The van der Waals surface area contributed by atoms with E-state index in [9.17, 15) is 4.79 Å². The van der Waals surface area contributed by atoms with E-state index in [-0.39, 0.29) is 11.9 Å². The number of nitrogens with zero attached hydrogens (tertiary/aromatic N) is 2. The molecule has 0 aromatic rings. The molecule has 0 aliphatic heterocycles. The van der Waals surface area contributed by atoms with Gasteiger partial charge in [0.05, 0.1) is 0 Å². The van der Waals surface area contributed by atoms with Gasteiger partial charge in [-0.05, 0) is 27.8 Å². The maximum Gasteiger partial charge on any atom is 0.223 e. The Morgan fingerprint density at radius 3 is 2.19 bits per heavy atom. The van der Waals surface area contributed by atoms with Crippen LogP contribution in [0.25, 0.3) is 0 Å². The van der Waals surface area contributed by atoms with Gasteiger partial charge in [0.1, 0.15) is 0 Å². The topological polar surface area (TPSA) is 35.6 Å². The maximum absolute atomic E-state index is 11.4. The summed E-state index contributed by atoms with van der Waals surface area (Å²) in [5, 5.41) is 3.36. The summed E-state index contributed by atoms with van der Waals surface area (Å²) in [6.07, 6.45) is 0.568. The number of carbonyl (C=O) groups is 1. The molecule has 0 radical (unpaired) electrons. The molecule has 1 amide bonds. The average molecular weight is 229 g/mol. The van der Waals surface area contributed by atoms with Crippen molar-refractivity contribution < 1.29 is 4.79 Å². The minimum absolute atomic E-state index is 0.178. The molecule has 1 atom stereocenters. The molecule has 0 saturated heterocycles. The average Bonchev–Trinajstić information content (AvgIpc) is 2.16. The molecule has 1 unspecified atom stereocenters. The van der Waals surface area contributed by atoms with Crippen LogP contribution < -0.4 is 5.32 Å². The molecule has 0 aromatic carbocycles. The minimum atomic E-state index is 0.178. The van der Waals surface area contributed by atoms with Crippen LogP contribution in [-0.4, -0.2) is 62.0 Å². The van der Waals surface area contributed by atoms with E-state index in [4.69, 9.17) is 0 Å².